The molecule has 1 aliphatic heterocycles. The lowest BCUT2D eigenvalue weighted by atomic mass is 10.1. The molecule has 0 aliphatic carbocycles. The Labute approximate surface area is 169 Å². The van der Waals surface area contributed by atoms with Gasteiger partial charge in [-0.2, -0.15) is 0 Å². The number of nitrogens with zero attached hydrogens (tertiary/aromatic N) is 3. The molecule has 1 aromatic carbocycles. The first kappa shape index (κ1) is 21.0. The zero-order chi connectivity index (χ0) is 18.0. The molecule has 0 saturated carbocycles. The molecule has 1 saturated heterocycles. The number of hydrogen-bond acceptors (Lipinski definition) is 4. The lowest BCUT2D eigenvalue weighted by Gasteiger charge is -2.23. The lowest BCUT2D eigenvalue weighted by Crippen LogP contribution is -2.45. The van der Waals surface area contributed by atoms with Crippen molar-refractivity contribution in [3.05, 3.63) is 39.9 Å². The van der Waals surface area contributed by atoms with Gasteiger partial charge in [-0.25, -0.2) is 9.67 Å². The van der Waals surface area contributed by atoms with Crippen molar-refractivity contribution in [2.75, 3.05) is 13.1 Å². The van der Waals surface area contributed by atoms with Gasteiger partial charge in [-0.05, 0) is 31.5 Å². The molecule has 1 aromatic heterocycles. The van der Waals surface area contributed by atoms with Crippen molar-refractivity contribution in [1.82, 2.24) is 25.4 Å². The number of carbonyl (C=O) groups is 1. The maximum Gasteiger partial charge on any atom is 0.291 e. The molecule has 2 aromatic rings. The van der Waals surface area contributed by atoms with Crippen LogP contribution in [0.1, 0.15) is 49.1 Å². The van der Waals surface area contributed by atoms with Crippen molar-refractivity contribution in [1.29, 1.82) is 0 Å². The van der Waals surface area contributed by atoms with Crippen LogP contribution < -0.4 is 10.6 Å². The molecular weight excluding hydrogens is 397 g/mol. The van der Waals surface area contributed by atoms with Crippen molar-refractivity contribution >= 4 is 41.5 Å². The van der Waals surface area contributed by atoms with E-state index in [-0.39, 0.29) is 36.1 Å². The summed E-state index contributed by atoms with van der Waals surface area (Å²) in [4.78, 5) is 17.0. The van der Waals surface area contributed by atoms with Gasteiger partial charge in [0.2, 0.25) is 5.82 Å². The highest BCUT2D eigenvalue weighted by Crippen LogP contribution is 2.30. The predicted molar refractivity (Wildman–Crippen MR) is 106 cm³/mol. The molecule has 0 radical (unpaired) electrons. The SMILES string of the molecule is CC(C)c1nc(C(=O)N[C@H]2CCCNC2)nn1-c1c(Cl)cccc1Cl.Cl. The molecule has 1 fully saturated rings. The molecule has 0 spiro atoms. The average molecular weight is 419 g/mol. The van der Waals surface area contributed by atoms with Crippen LogP contribution in [0, 0.1) is 0 Å². The minimum Gasteiger partial charge on any atom is -0.345 e. The molecule has 3 rings (SSSR count). The smallest absolute Gasteiger partial charge is 0.291 e. The van der Waals surface area contributed by atoms with Crippen LogP contribution in [-0.4, -0.2) is 39.8 Å². The quantitative estimate of drug-likeness (QED) is 0.796. The summed E-state index contributed by atoms with van der Waals surface area (Å²) >= 11 is 12.6. The second-order valence-electron chi connectivity index (χ2n) is 6.45. The van der Waals surface area contributed by atoms with Gasteiger partial charge in [0, 0.05) is 18.5 Å². The standard InChI is InChI=1S/C17H21Cl2N5O.ClH/c1-10(2)16-22-15(17(25)21-11-5-4-8-20-9-11)23-24(16)14-12(18)6-3-7-13(14)19;/h3,6-7,10-11,20H,4-5,8-9H2,1-2H3,(H,21,25);1H/t11-;/m0./s1. The van der Waals surface area contributed by atoms with Crippen molar-refractivity contribution in [2.24, 2.45) is 0 Å². The highest BCUT2D eigenvalue weighted by atomic mass is 35.5. The van der Waals surface area contributed by atoms with Gasteiger partial charge in [0.15, 0.2) is 0 Å². The minimum atomic E-state index is -0.280. The molecule has 9 heteroatoms. The van der Waals surface area contributed by atoms with Gasteiger partial charge in [0.05, 0.1) is 10.0 Å². The van der Waals surface area contributed by atoms with Crippen molar-refractivity contribution in [3.63, 3.8) is 0 Å². The third kappa shape index (κ3) is 4.49. The normalized spacial score (nSPS) is 17.0. The third-order valence-corrected chi connectivity index (χ3v) is 4.74. The van der Waals surface area contributed by atoms with E-state index in [2.05, 4.69) is 20.7 Å². The number of nitrogens with one attached hydrogen (secondary N) is 2. The van der Waals surface area contributed by atoms with Crippen LogP contribution in [0.3, 0.4) is 0 Å². The summed E-state index contributed by atoms with van der Waals surface area (Å²) in [5.41, 5.74) is 0.542. The number of halogens is 3. The molecule has 26 heavy (non-hydrogen) atoms. The molecule has 0 bridgehead atoms. The molecule has 142 valence electrons. The second-order valence-corrected chi connectivity index (χ2v) is 7.26. The summed E-state index contributed by atoms with van der Waals surface area (Å²) in [5.74, 6) is 0.544. The van der Waals surface area contributed by atoms with Gasteiger partial charge in [0.25, 0.3) is 5.91 Å². The lowest BCUT2D eigenvalue weighted by molar-refractivity contribution is 0.0920. The van der Waals surface area contributed by atoms with E-state index in [0.717, 1.165) is 25.9 Å². The maximum atomic E-state index is 12.6. The molecule has 0 unspecified atom stereocenters. The Kier molecular flexibility index (Phi) is 7.29. The topological polar surface area (TPSA) is 71.8 Å². The first-order valence-electron chi connectivity index (χ1n) is 8.40. The Balaban J connectivity index is 0.00000243. The van der Waals surface area contributed by atoms with Gasteiger partial charge >= 0.3 is 0 Å². The van der Waals surface area contributed by atoms with Gasteiger partial charge in [-0.15, -0.1) is 17.5 Å². The van der Waals surface area contributed by atoms with Gasteiger partial charge < -0.3 is 10.6 Å². The summed E-state index contributed by atoms with van der Waals surface area (Å²) in [6.45, 7) is 5.72. The Hall–Kier alpha value is -1.34. The van der Waals surface area contributed by atoms with Crippen LogP contribution in [0.15, 0.2) is 18.2 Å². The number of aromatic nitrogens is 3. The van der Waals surface area contributed by atoms with Crippen molar-refractivity contribution in [2.45, 2.75) is 38.6 Å². The number of piperidine rings is 1. The largest absolute Gasteiger partial charge is 0.345 e. The van der Waals surface area contributed by atoms with E-state index in [4.69, 9.17) is 23.2 Å². The fourth-order valence-corrected chi connectivity index (χ4v) is 3.43. The number of para-hydroxylation sites is 1. The predicted octanol–water partition coefficient (Wildman–Crippen LogP) is 3.60. The first-order chi connectivity index (χ1) is 12.0. The molecule has 2 heterocycles. The summed E-state index contributed by atoms with van der Waals surface area (Å²) in [7, 11) is 0. The van der Waals surface area contributed by atoms with E-state index in [9.17, 15) is 4.79 Å². The van der Waals surface area contributed by atoms with Crippen LogP contribution >= 0.6 is 35.6 Å². The highest BCUT2D eigenvalue weighted by molar-refractivity contribution is 6.37. The fraction of sp³-hybridized carbons (Fsp3) is 0.471. The van der Waals surface area contributed by atoms with Crippen LogP contribution in [0.25, 0.3) is 5.69 Å². The number of benzene rings is 1. The number of hydrogen-bond donors (Lipinski definition) is 2. The van der Waals surface area contributed by atoms with Gasteiger partial charge in [0.1, 0.15) is 11.5 Å². The zero-order valence-electron chi connectivity index (χ0n) is 14.6. The Morgan fingerprint density at radius 3 is 2.62 bits per heavy atom. The highest BCUT2D eigenvalue weighted by Gasteiger charge is 2.24. The summed E-state index contributed by atoms with van der Waals surface area (Å²) in [6, 6.07) is 5.34. The summed E-state index contributed by atoms with van der Waals surface area (Å²) in [6.07, 6.45) is 1.99. The number of rotatable bonds is 4. The molecule has 2 N–H and O–H groups in total. The number of carbonyl (C=O) groups excluding carboxylic acids is 1. The van der Waals surface area contributed by atoms with E-state index >= 15 is 0 Å². The molecule has 6 nitrogen and oxygen atoms in total. The van der Waals surface area contributed by atoms with Crippen LogP contribution in [-0.2, 0) is 0 Å². The summed E-state index contributed by atoms with van der Waals surface area (Å²) in [5, 5.41) is 11.6. The second kappa shape index (κ2) is 9.04. The van der Waals surface area contributed by atoms with E-state index in [1.54, 1.807) is 22.9 Å². The monoisotopic (exact) mass is 417 g/mol. The average Bonchev–Trinajstić information content (AvgIpc) is 3.01. The Morgan fingerprint density at radius 1 is 1.35 bits per heavy atom. The first-order valence-corrected chi connectivity index (χ1v) is 9.16. The van der Waals surface area contributed by atoms with E-state index in [1.807, 2.05) is 13.8 Å². The number of amides is 1. The molecule has 1 aliphatic rings. The van der Waals surface area contributed by atoms with Crippen LogP contribution in [0.4, 0.5) is 0 Å². The molecular formula is C17H22Cl3N5O. The van der Waals surface area contributed by atoms with E-state index < -0.39 is 0 Å². The minimum absolute atomic E-state index is 0. The zero-order valence-corrected chi connectivity index (χ0v) is 17.0. The Bertz CT molecular complexity index is 752. The van der Waals surface area contributed by atoms with Gasteiger partial charge in [-0.1, -0.05) is 43.1 Å². The van der Waals surface area contributed by atoms with E-state index in [0.29, 0.717) is 21.6 Å². The van der Waals surface area contributed by atoms with E-state index in [1.165, 1.54) is 0 Å². The maximum absolute atomic E-state index is 12.6. The van der Waals surface area contributed by atoms with Crippen molar-refractivity contribution in [3.8, 4) is 5.69 Å². The van der Waals surface area contributed by atoms with Crippen LogP contribution in [0.5, 0.6) is 0 Å². The molecule has 1 amide bonds. The third-order valence-electron chi connectivity index (χ3n) is 4.13. The summed E-state index contributed by atoms with van der Waals surface area (Å²) < 4.78 is 1.57. The van der Waals surface area contributed by atoms with Crippen molar-refractivity contribution < 1.29 is 4.79 Å². The molecule has 1 atom stereocenters. The van der Waals surface area contributed by atoms with Gasteiger partial charge in [-0.3, -0.25) is 4.79 Å². The van der Waals surface area contributed by atoms with Crippen LogP contribution in [0.2, 0.25) is 10.0 Å². The fourth-order valence-electron chi connectivity index (χ4n) is 2.87. The Morgan fingerprint density at radius 2 is 2.04 bits per heavy atom.